The Hall–Kier alpha value is -1.06. The minimum absolute atomic E-state index is 0.147. The minimum atomic E-state index is -0.147. The molecule has 0 bridgehead atoms. The maximum atomic E-state index is 9.68. The summed E-state index contributed by atoms with van der Waals surface area (Å²) >= 11 is 0. The van der Waals surface area contributed by atoms with E-state index in [2.05, 4.69) is 24.0 Å². The van der Waals surface area contributed by atoms with Crippen LogP contribution in [0.4, 0.5) is 0 Å². The van der Waals surface area contributed by atoms with Gasteiger partial charge >= 0.3 is 0 Å². The lowest BCUT2D eigenvalue weighted by molar-refractivity contribution is 0.127. The zero-order valence-corrected chi connectivity index (χ0v) is 10.6. The summed E-state index contributed by atoms with van der Waals surface area (Å²) in [6.07, 6.45) is 1.79. The van der Waals surface area contributed by atoms with Gasteiger partial charge in [0.2, 0.25) is 0 Å². The lowest BCUT2D eigenvalue weighted by atomic mass is 10.1. The van der Waals surface area contributed by atoms with Crippen molar-refractivity contribution in [2.45, 2.75) is 31.9 Å². The highest BCUT2D eigenvalue weighted by Crippen LogP contribution is 2.18. The summed E-state index contributed by atoms with van der Waals surface area (Å²) in [7, 11) is 1.68. The first-order valence-electron chi connectivity index (χ1n) is 6.26. The normalized spacial score (nSPS) is 25.1. The molecule has 0 saturated carbocycles. The van der Waals surface area contributed by atoms with Crippen LogP contribution in [0.5, 0.6) is 5.75 Å². The highest BCUT2D eigenvalue weighted by Gasteiger charge is 2.28. The molecule has 1 aromatic rings. The van der Waals surface area contributed by atoms with Gasteiger partial charge in [-0.05, 0) is 37.5 Å². The molecule has 0 radical (unpaired) electrons. The summed E-state index contributed by atoms with van der Waals surface area (Å²) in [5.41, 5.74) is 1.32. The van der Waals surface area contributed by atoms with E-state index < -0.39 is 0 Å². The second kappa shape index (κ2) is 5.52. The summed E-state index contributed by atoms with van der Waals surface area (Å²) in [6.45, 7) is 4.13. The van der Waals surface area contributed by atoms with Crippen molar-refractivity contribution in [3.05, 3.63) is 29.8 Å². The molecular weight excluding hydrogens is 214 g/mol. The number of nitrogens with zero attached hydrogens (tertiary/aromatic N) is 1. The van der Waals surface area contributed by atoms with Crippen LogP contribution in [-0.4, -0.2) is 42.4 Å². The van der Waals surface area contributed by atoms with E-state index in [1.54, 1.807) is 7.11 Å². The molecule has 0 amide bonds. The van der Waals surface area contributed by atoms with Crippen LogP contribution in [0.3, 0.4) is 0 Å². The summed E-state index contributed by atoms with van der Waals surface area (Å²) in [4.78, 5) is 2.36. The fourth-order valence-electron chi connectivity index (χ4n) is 2.37. The standard InChI is InChI=1S/C14H21NO2/c1-11-14(16)8-10-15(11)9-7-12-3-5-13(17-2)6-4-12/h3-6,11,14,16H,7-10H2,1-2H3. The van der Waals surface area contributed by atoms with Crippen molar-refractivity contribution in [1.29, 1.82) is 0 Å². The van der Waals surface area contributed by atoms with E-state index >= 15 is 0 Å². The number of hydrogen-bond donors (Lipinski definition) is 1. The van der Waals surface area contributed by atoms with E-state index in [0.717, 1.165) is 31.7 Å². The monoisotopic (exact) mass is 235 g/mol. The number of aliphatic hydroxyl groups is 1. The number of aliphatic hydroxyl groups excluding tert-OH is 1. The quantitative estimate of drug-likeness (QED) is 0.862. The van der Waals surface area contributed by atoms with E-state index in [4.69, 9.17) is 4.74 Å². The molecule has 1 fully saturated rings. The van der Waals surface area contributed by atoms with E-state index in [-0.39, 0.29) is 6.10 Å². The third-order valence-electron chi connectivity index (χ3n) is 3.69. The Morgan fingerprint density at radius 1 is 1.35 bits per heavy atom. The first-order chi connectivity index (χ1) is 8.20. The van der Waals surface area contributed by atoms with Gasteiger partial charge in [-0.3, -0.25) is 4.90 Å². The summed E-state index contributed by atoms with van der Waals surface area (Å²) in [6, 6.07) is 8.51. The Morgan fingerprint density at radius 3 is 2.59 bits per heavy atom. The molecule has 3 heteroatoms. The van der Waals surface area contributed by atoms with E-state index in [1.807, 2.05) is 12.1 Å². The van der Waals surface area contributed by atoms with E-state index in [9.17, 15) is 5.11 Å². The highest BCUT2D eigenvalue weighted by molar-refractivity contribution is 5.27. The zero-order chi connectivity index (χ0) is 12.3. The van der Waals surface area contributed by atoms with Gasteiger partial charge in [0.15, 0.2) is 0 Å². The van der Waals surface area contributed by atoms with Crippen LogP contribution in [0.25, 0.3) is 0 Å². The number of benzene rings is 1. The first kappa shape index (κ1) is 12.4. The minimum Gasteiger partial charge on any atom is -0.497 e. The molecule has 3 nitrogen and oxygen atoms in total. The van der Waals surface area contributed by atoms with Crippen LogP contribution in [0.15, 0.2) is 24.3 Å². The molecule has 17 heavy (non-hydrogen) atoms. The van der Waals surface area contributed by atoms with Crippen molar-refractivity contribution in [1.82, 2.24) is 4.90 Å². The smallest absolute Gasteiger partial charge is 0.118 e. The maximum Gasteiger partial charge on any atom is 0.118 e. The molecule has 1 heterocycles. The SMILES string of the molecule is COc1ccc(CCN2CCC(O)C2C)cc1. The Morgan fingerprint density at radius 2 is 2.06 bits per heavy atom. The topological polar surface area (TPSA) is 32.7 Å². The van der Waals surface area contributed by atoms with Crippen LogP contribution in [0, 0.1) is 0 Å². The number of hydrogen-bond acceptors (Lipinski definition) is 3. The van der Waals surface area contributed by atoms with Gasteiger partial charge in [0, 0.05) is 19.1 Å². The Balaban J connectivity index is 1.85. The van der Waals surface area contributed by atoms with Crippen LogP contribution in [0.2, 0.25) is 0 Å². The third-order valence-corrected chi connectivity index (χ3v) is 3.69. The molecule has 2 unspecified atom stereocenters. The highest BCUT2D eigenvalue weighted by atomic mass is 16.5. The third kappa shape index (κ3) is 2.99. The molecule has 1 aliphatic heterocycles. The predicted octanol–water partition coefficient (Wildman–Crippen LogP) is 1.69. The van der Waals surface area contributed by atoms with Crippen molar-refractivity contribution < 1.29 is 9.84 Å². The first-order valence-corrected chi connectivity index (χ1v) is 6.26. The van der Waals surface area contributed by atoms with Crippen molar-refractivity contribution >= 4 is 0 Å². The van der Waals surface area contributed by atoms with Gasteiger partial charge in [-0.2, -0.15) is 0 Å². The Kier molecular flexibility index (Phi) is 4.02. The molecule has 0 spiro atoms. The Labute approximate surface area is 103 Å². The van der Waals surface area contributed by atoms with Gasteiger partial charge in [-0.15, -0.1) is 0 Å². The fraction of sp³-hybridized carbons (Fsp3) is 0.571. The largest absolute Gasteiger partial charge is 0.497 e. The average Bonchev–Trinajstić information content (AvgIpc) is 2.68. The molecule has 94 valence electrons. The lowest BCUT2D eigenvalue weighted by Crippen LogP contribution is -2.33. The number of likely N-dealkylation sites (tertiary alicyclic amines) is 1. The molecule has 1 saturated heterocycles. The summed E-state index contributed by atoms with van der Waals surface area (Å²) in [5.74, 6) is 0.902. The van der Waals surface area contributed by atoms with Gasteiger partial charge in [0.05, 0.1) is 13.2 Å². The number of rotatable bonds is 4. The van der Waals surface area contributed by atoms with Gasteiger partial charge in [-0.1, -0.05) is 12.1 Å². The Bertz CT molecular complexity index is 350. The molecule has 0 aliphatic carbocycles. The fourth-order valence-corrected chi connectivity index (χ4v) is 2.37. The van der Waals surface area contributed by atoms with Gasteiger partial charge in [-0.25, -0.2) is 0 Å². The van der Waals surface area contributed by atoms with Crippen molar-refractivity contribution in [2.24, 2.45) is 0 Å². The van der Waals surface area contributed by atoms with Crippen molar-refractivity contribution in [3.63, 3.8) is 0 Å². The molecule has 1 aromatic carbocycles. The van der Waals surface area contributed by atoms with Crippen molar-refractivity contribution in [2.75, 3.05) is 20.2 Å². The lowest BCUT2D eigenvalue weighted by Gasteiger charge is -2.22. The number of ether oxygens (including phenoxy) is 1. The molecule has 1 aliphatic rings. The van der Waals surface area contributed by atoms with E-state index in [0.29, 0.717) is 6.04 Å². The molecular formula is C14H21NO2. The molecule has 1 N–H and O–H groups in total. The average molecular weight is 235 g/mol. The van der Waals surface area contributed by atoms with E-state index in [1.165, 1.54) is 5.56 Å². The second-order valence-corrected chi connectivity index (χ2v) is 4.73. The van der Waals surface area contributed by atoms with Crippen molar-refractivity contribution in [3.8, 4) is 5.75 Å². The zero-order valence-electron chi connectivity index (χ0n) is 10.6. The van der Waals surface area contributed by atoms with Gasteiger partial charge in [0.25, 0.3) is 0 Å². The predicted molar refractivity (Wildman–Crippen MR) is 68.4 cm³/mol. The van der Waals surface area contributed by atoms with Crippen LogP contribution < -0.4 is 4.74 Å². The summed E-state index contributed by atoms with van der Waals surface area (Å²) in [5, 5.41) is 9.68. The van der Waals surface area contributed by atoms with Gasteiger partial charge in [0.1, 0.15) is 5.75 Å². The maximum absolute atomic E-state index is 9.68. The number of methoxy groups -OCH3 is 1. The molecule has 0 aromatic heterocycles. The second-order valence-electron chi connectivity index (χ2n) is 4.73. The molecule has 2 atom stereocenters. The van der Waals surface area contributed by atoms with Gasteiger partial charge < -0.3 is 9.84 Å². The van der Waals surface area contributed by atoms with Crippen LogP contribution in [-0.2, 0) is 6.42 Å². The molecule has 2 rings (SSSR count). The summed E-state index contributed by atoms with van der Waals surface area (Å²) < 4.78 is 5.13. The van der Waals surface area contributed by atoms with Crippen LogP contribution >= 0.6 is 0 Å². The van der Waals surface area contributed by atoms with Crippen LogP contribution in [0.1, 0.15) is 18.9 Å².